The zero-order chi connectivity index (χ0) is 17.6. The molecule has 0 aliphatic rings. The molecule has 0 spiro atoms. The van der Waals surface area contributed by atoms with Crippen molar-refractivity contribution in [2.24, 2.45) is 0 Å². The van der Waals surface area contributed by atoms with E-state index in [-0.39, 0.29) is 11.3 Å². The fraction of sp³-hybridized carbons (Fsp3) is 0. The Hall–Kier alpha value is -3.68. The average molecular weight is 338 g/mol. The smallest absolute Gasteiger partial charge is 0.335 e. The molecule has 8 heteroatoms. The van der Waals surface area contributed by atoms with Gasteiger partial charge in [0, 0.05) is 22.5 Å². The first-order valence-electron chi connectivity index (χ1n) is 7.32. The van der Waals surface area contributed by atoms with E-state index in [2.05, 4.69) is 20.5 Å². The van der Waals surface area contributed by atoms with Gasteiger partial charge in [0.2, 0.25) is 0 Å². The molecule has 2 aromatic heterocycles. The maximum absolute atomic E-state index is 13.4. The second kappa shape index (κ2) is 5.45. The second-order valence-electron chi connectivity index (χ2n) is 5.48. The van der Waals surface area contributed by atoms with E-state index in [9.17, 15) is 14.0 Å². The zero-order valence-electron chi connectivity index (χ0n) is 12.6. The fourth-order valence-electron chi connectivity index (χ4n) is 2.70. The summed E-state index contributed by atoms with van der Waals surface area (Å²) in [5.74, 6) is -1.96. The lowest BCUT2D eigenvalue weighted by atomic mass is 10.1. The summed E-state index contributed by atoms with van der Waals surface area (Å²) >= 11 is 0. The van der Waals surface area contributed by atoms with Crippen LogP contribution in [0.15, 0.2) is 42.6 Å². The number of benzene rings is 2. The van der Waals surface area contributed by atoms with Crippen molar-refractivity contribution in [3.05, 3.63) is 59.7 Å². The van der Waals surface area contributed by atoms with Crippen LogP contribution < -0.4 is 5.32 Å². The standard InChI is InChI=1S/C17H11FN4O3/c18-9-2-4-12-11(6-9)14(7-19-12)20-16(23)15-10-3-1-8(17(24)25)5-13(10)21-22-15/h1-7,19H,(H,20,23)(H,21,22)(H,24,25). The molecule has 0 radical (unpaired) electrons. The topological polar surface area (TPSA) is 111 Å². The van der Waals surface area contributed by atoms with Crippen LogP contribution in [0.1, 0.15) is 20.8 Å². The Morgan fingerprint density at radius 1 is 1.08 bits per heavy atom. The van der Waals surface area contributed by atoms with Gasteiger partial charge >= 0.3 is 5.97 Å². The van der Waals surface area contributed by atoms with Crippen LogP contribution in [0.2, 0.25) is 0 Å². The number of nitrogens with zero attached hydrogens (tertiary/aromatic N) is 1. The number of amides is 1. The number of hydrogen-bond donors (Lipinski definition) is 4. The Labute approximate surface area is 139 Å². The third kappa shape index (κ3) is 2.49. The molecule has 0 unspecified atom stereocenters. The molecule has 4 aromatic rings. The number of halogens is 1. The molecule has 124 valence electrons. The van der Waals surface area contributed by atoms with Gasteiger partial charge in [-0.3, -0.25) is 9.89 Å². The van der Waals surface area contributed by atoms with Crippen molar-refractivity contribution in [2.45, 2.75) is 0 Å². The molecule has 4 rings (SSSR count). The molecule has 7 nitrogen and oxygen atoms in total. The van der Waals surface area contributed by atoms with Crippen molar-refractivity contribution in [3.8, 4) is 0 Å². The summed E-state index contributed by atoms with van der Waals surface area (Å²) in [6.07, 6.45) is 1.57. The van der Waals surface area contributed by atoms with Crippen LogP contribution in [0.4, 0.5) is 10.1 Å². The lowest BCUT2D eigenvalue weighted by molar-refractivity contribution is 0.0697. The maximum atomic E-state index is 13.4. The number of anilines is 1. The summed E-state index contributed by atoms with van der Waals surface area (Å²) in [7, 11) is 0. The highest BCUT2D eigenvalue weighted by molar-refractivity contribution is 6.14. The van der Waals surface area contributed by atoms with Crippen molar-refractivity contribution >= 4 is 39.4 Å². The van der Waals surface area contributed by atoms with Gasteiger partial charge in [-0.15, -0.1) is 0 Å². The van der Waals surface area contributed by atoms with Crippen molar-refractivity contribution in [3.63, 3.8) is 0 Å². The van der Waals surface area contributed by atoms with Gasteiger partial charge < -0.3 is 15.4 Å². The number of H-pyrrole nitrogens is 2. The summed E-state index contributed by atoms with van der Waals surface area (Å²) in [5.41, 5.74) is 1.77. The molecule has 0 fully saturated rings. The number of carboxylic acid groups (broad SMARTS) is 1. The van der Waals surface area contributed by atoms with E-state index < -0.39 is 17.7 Å². The van der Waals surface area contributed by atoms with Gasteiger partial charge in [0.25, 0.3) is 5.91 Å². The van der Waals surface area contributed by atoms with Crippen LogP contribution in [0, 0.1) is 5.82 Å². The van der Waals surface area contributed by atoms with Crippen LogP contribution in [-0.2, 0) is 0 Å². The van der Waals surface area contributed by atoms with E-state index >= 15 is 0 Å². The Bertz CT molecular complexity index is 1150. The van der Waals surface area contributed by atoms with Crippen LogP contribution in [-0.4, -0.2) is 32.2 Å². The molecule has 2 heterocycles. The second-order valence-corrected chi connectivity index (χ2v) is 5.48. The average Bonchev–Trinajstić information content (AvgIpc) is 3.18. The van der Waals surface area contributed by atoms with Crippen LogP contribution in [0.5, 0.6) is 0 Å². The highest BCUT2D eigenvalue weighted by atomic mass is 19.1. The van der Waals surface area contributed by atoms with Gasteiger partial charge in [-0.25, -0.2) is 9.18 Å². The lowest BCUT2D eigenvalue weighted by Crippen LogP contribution is -2.12. The summed E-state index contributed by atoms with van der Waals surface area (Å²) < 4.78 is 13.4. The summed E-state index contributed by atoms with van der Waals surface area (Å²) in [6, 6.07) is 8.55. The number of carbonyl (C=O) groups excluding carboxylic acids is 1. The van der Waals surface area contributed by atoms with E-state index in [0.29, 0.717) is 27.5 Å². The number of carbonyl (C=O) groups is 2. The highest BCUT2D eigenvalue weighted by Crippen LogP contribution is 2.25. The molecule has 4 N–H and O–H groups in total. The first-order chi connectivity index (χ1) is 12.0. The van der Waals surface area contributed by atoms with E-state index in [4.69, 9.17) is 5.11 Å². The van der Waals surface area contributed by atoms with Crippen LogP contribution in [0.3, 0.4) is 0 Å². The number of aromatic amines is 2. The Balaban J connectivity index is 1.70. The van der Waals surface area contributed by atoms with Crippen LogP contribution in [0.25, 0.3) is 21.8 Å². The van der Waals surface area contributed by atoms with Crippen molar-refractivity contribution < 1.29 is 19.1 Å². The Morgan fingerprint density at radius 3 is 2.72 bits per heavy atom. The molecule has 0 saturated carbocycles. The first-order valence-corrected chi connectivity index (χ1v) is 7.32. The SMILES string of the molecule is O=C(O)c1ccc2c(C(=O)Nc3c[nH]c4ccc(F)cc34)n[nH]c2c1. The van der Waals surface area contributed by atoms with Gasteiger partial charge in [-0.05, 0) is 36.4 Å². The quantitative estimate of drug-likeness (QED) is 0.460. The summed E-state index contributed by atoms with van der Waals surface area (Å²) in [6.45, 7) is 0. The molecule has 25 heavy (non-hydrogen) atoms. The third-order valence-electron chi connectivity index (χ3n) is 3.92. The predicted molar refractivity (Wildman–Crippen MR) is 89.3 cm³/mol. The molecule has 0 aliphatic heterocycles. The van der Waals surface area contributed by atoms with Gasteiger partial charge in [0.15, 0.2) is 5.69 Å². The number of aromatic nitrogens is 3. The molecule has 0 aliphatic carbocycles. The number of hydrogen-bond acceptors (Lipinski definition) is 3. The Morgan fingerprint density at radius 2 is 1.92 bits per heavy atom. The molecule has 0 atom stereocenters. The normalized spacial score (nSPS) is 11.1. The molecule has 0 saturated heterocycles. The minimum absolute atomic E-state index is 0.0928. The van der Waals surface area contributed by atoms with Crippen molar-refractivity contribution in [2.75, 3.05) is 5.32 Å². The highest BCUT2D eigenvalue weighted by Gasteiger charge is 2.17. The maximum Gasteiger partial charge on any atom is 0.335 e. The first kappa shape index (κ1) is 14.9. The molecule has 0 bridgehead atoms. The molecular weight excluding hydrogens is 327 g/mol. The number of aromatic carboxylic acids is 1. The fourth-order valence-corrected chi connectivity index (χ4v) is 2.70. The number of rotatable bonds is 3. The van der Waals surface area contributed by atoms with Gasteiger partial charge in [0.05, 0.1) is 16.8 Å². The lowest BCUT2D eigenvalue weighted by Gasteiger charge is -2.02. The van der Waals surface area contributed by atoms with E-state index in [1.807, 2.05) is 0 Å². The number of nitrogens with one attached hydrogen (secondary N) is 3. The predicted octanol–water partition coefficient (Wildman–Crippen LogP) is 3.13. The largest absolute Gasteiger partial charge is 0.478 e. The zero-order valence-corrected chi connectivity index (χ0v) is 12.6. The third-order valence-corrected chi connectivity index (χ3v) is 3.92. The molecule has 2 aromatic carbocycles. The molecular formula is C17H11FN4O3. The van der Waals surface area contributed by atoms with E-state index in [1.54, 1.807) is 12.3 Å². The minimum Gasteiger partial charge on any atom is -0.478 e. The number of carboxylic acids is 1. The summed E-state index contributed by atoms with van der Waals surface area (Å²) in [4.78, 5) is 26.5. The van der Waals surface area contributed by atoms with Crippen LogP contribution >= 0.6 is 0 Å². The van der Waals surface area contributed by atoms with Gasteiger partial charge in [-0.2, -0.15) is 5.10 Å². The van der Waals surface area contributed by atoms with Gasteiger partial charge in [-0.1, -0.05) is 0 Å². The summed E-state index contributed by atoms with van der Waals surface area (Å²) in [5, 5.41) is 19.3. The minimum atomic E-state index is -1.07. The van der Waals surface area contributed by atoms with Crippen molar-refractivity contribution in [1.82, 2.24) is 15.2 Å². The van der Waals surface area contributed by atoms with E-state index in [0.717, 1.165) is 0 Å². The van der Waals surface area contributed by atoms with E-state index in [1.165, 1.54) is 30.3 Å². The Kier molecular flexibility index (Phi) is 3.24. The van der Waals surface area contributed by atoms with Crippen molar-refractivity contribution in [1.29, 1.82) is 0 Å². The monoisotopic (exact) mass is 338 g/mol. The number of fused-ring (bicyclic) bond motifs is 2. The van der Waals surface area contributed by atoms with Gasteiger partial charge in [0.1, 0.15) is 5.82 Å². The molecule has 1 amide bonds.